The first-order valence-corrected chi connectivity index (χ1v) is 8.50. The Balaban J connectivity index is 1.76. The Kier molecular flexibility index (Phi) is 4.72. The number of nitrogens with zero attached hydrogens (tertiary/aromatic N) is 1. The van der Waals surface area contributed by atoms with Crippen molar-refractivity contribution in [3.05, 3.63) is 71.3 Å². The lowest BCUT2D eigenvalue weighted by molar-refractivity contribution is -0.0821. The summed E-state index contributed by atoms with van der Waals surface area (Å²) in [7, 11) is 0. The van der Waals surface area contributed by atoms with Crippen LogP contribution in [0.3, 0.4) is 0 Å². The first kappa shape index (κ1) is 16.7. The highest BCUT2D eigenvalue weighted by Crippen LogP contribution is 2.26. The van der Waals surface area contributed by atoms with Crippen molar-refractivity contribution < 1.29 is 9.53 Å². The number of rotatable bonds is 3. The molecule has 1 saturated heterocycles. The molecule has 24 heavy (non-hydrogen) atoms. The summed E-state index contributed by atoms with van der Waals surface area (Å²) in [6, 6.07) is 18.1. The number of morpholine rings is 1. The average Bonchev–Trinajstić information content (AvgIpc) is 2.57. The molecule has 1 heterocycles. The third kappa shape index (κ3) is 3.68. The molecule has 3 heteroatoms. The maximum Gasteiger partial charge on any atom is 0.254 e. The molecule has 0 bridgehead atoms. The first-order chi connectivity index (χ1) is 11.5. The van der Waals surface area contributed by atoms with Gasteiger partial charge in [0.2, 0.25) is 0 Å². The van der Waals surface area contributed by atoms with Gasteiger partial charge in [-0.15, -0.1) is 0 Å². The molecule has 1 fully saturated rings. The molecule has 1 unspecified atom stereocenters. The van der Waals surface area contributed by atoms with Crippen LogP contribution in [0.1, 0.15) is 35.3 Å². The van der Waals surface area contributed by atoms with Gasteiger partial charge in [0.15, 0.2) is 0 Å². The number of benzene rings is 2. The second kappa shape index (κ2) is 6.78. The molecule has 0 aliphatic carbocycles. The van der Waals surface area contributed by atoms with Gasteiger partial charge in [-0.2, -0.15) is 0 Å². The maximum atomic E-state index is 13.0. The van der Waals surface area contributed by atoms with Gasteiger partial charge in [-0.3, -0.25) is 4.79 Å². The largest absolute Gasteiger partial charge is 0.374 e. The van der Waals surface area contributed by atoms with Crippen molar-refractivity contribution in [2.24, 2.45) is 0 Å². The summed E-state index contributed by atoms with van der Waals surface area (Å²) in [5.41, 5.74) is 2.85. The molecule has 1 aliphatic heterocycles. The summed E-state index contributed by atoms with van der Waals surface area (Å²) in [6.07, 6.45) is 0.865. The number of ether oxygens (including phenoxy) is 1. The van der Waals surface area contributed by atoms with Gasteiger partial charge in [-0.1, -0.05) is 48.0 Å². The third-order valence-electron chi connectivity index (χ3n) is 4.64. The van der Waals surface area contributed by atoms with E-state index in [9.17, 15) is 4.79 Å². The summed E-state index contributed by atoms with van der Waals surface area (Å²) >= 11 is 0. The highest BCUT2D eigenvalue weighted by atomic mass is 16.5. The minimum atomic E-state index is -0.296. The third-order valence-corrected chi connectivity index (χ3v) is 4.64. The summed E-state index contributed by atoms with van der Waals surface area (Å²) in [5.74, 6) is 0.0846. The zero-order valence-electron chi connectivity index (χ0n) is 14.7. The van der Waals surface area contributed by atoms with Gasteiger partial charge in [-0.05, 0) is 38.5 Å². The number of amides is 1. The predicted octanol–water partition coefficient (Wildman–Crippen LogP) is 3.86. The lowest BCUT2D eigenvalue weighted by Crippen LogP contribution is -2.58. The van der Waals surface area contributed by atoms with E-state index in [1.165, 1.54) is 5.56 Å². The summed E-state index contributed by atoms with van der Waals surface area (Å²) < 4.78 is 6.04. The van der Waals surface area contributed by atoms with Gasteiger partial charge in [0.1, 0.15) is 0 Å². The van der Waals surface area contributed by atoms with E-state index in [-0.39, 0.29) is 17.6 Å². The van der Waals surface area contributed by atoms with Gasteiger partial charge in [-0.25, -0.2) is 0 Å². The monoisotopic (exact) mass is 323 g/mol. The minimum Gasteiger partial charge on any atom is -0.374 e. The molecule has 3 nitrogen and oxygen atoms in total. The molecule has 1 amide bonds. The Morgan fingerprint density at radius 1 is 1.12 bits per heavy atom. The van der Waals surface area contributed by atoms with Crippen molar-refractivity contribution in [3.8, 4) is 0 Å². The Morgan fingerprint density at radius 2 is 1.79 bits per heavy atom. The Hall–Kier alpha value is -2.13. The Bertz CT molecular complexity index is 692. The van der Waals surface area contributed by atoms with E-state index >= 15 is 0 Å². The van der Waals surface area contributed by atoms with Gasteiger partial charge >= 0.3 is 0 Å². The zero-order chi connectivity index (χ0) is 17.2. The van der Waals surface area contributed by atoms with Crippen molar-refractivity contribution in [3.63, 3.8) is 0 Å². The van der Waals surface area contributed by atoms with Crippen molar-refractivity contribution >= 4 is 5.91 Å². The van der Waals surface area contributed by atoms with Crippen molar-refractivity contribution in [2.75, 3.05) is 13.2 Å². The number of carbonyl (C=O) groups is 1. The summed E-state index contributed by atoms with van der Waals surface area (Å²) in [4.78, 5) is 15.0. The van der Waals surface area contributed by atoms with E-state index in [1.54, 1.807) is 0 Å². The second-order valence-electron chi connectivity index (χ2n) is 7.22. The van der Waals surface area contributed by atoms with Crippen LogP contribution in [0.15, 0.2) is 54.6 Å². The number of hydrogen-bond acceptors (Lipinski definition) is 2. The highest BCUT2D eigenvalue weighted by Gasteiger charge is 2.38. The fourth-order valence-corrected chi connectivity index (χ4v) is 3.11. The first-order valence-electron chi connectivity index (χ1n) is 8.50. The normalized spacial score (nSPS) is 20.0. The van der Waals surface area contributed by atoms with Gasteiger partial charge in [0, 0.05) is 18.5 Å². The molecular formula is C21H25NO2. The molecule has 0 radical (unpaired) electrons. The average molecular weight is 323 g/mol. The quantitative estimate of drug-likeness (QED) is 0.858. The van der Waals surface area contributed by atoms with E-state index in [0.29, 0.717) is 13.2 Å². The van der Waals surface area contributed by atoms with Crippen LogP contribution < -0.4 is 0 Å². The molecule has 3 rings (SSSR count). The zero-order valence-corrected chi connectivity index (χ0v) is 14.7. The van der Waals surface area contributed by atoms with E-state index < -0.39 is 0 Å². The summed E-state index contributed by atoms with van der Waals surface area (Å²) in [6.45, 7) is 7.34. The lowest BCUT2D eigenvalue weighted by atomic mass is 9.96. The molecule has 0 N–H and O–H groups in total. The fourth-order valence-electron chi connectivity index (χ4n) is 3.11. The van der Waals surface area contributed by atoms with E-state index in [1.807, 2.05) is 54.3 Å². The van der Waals surface area contributed by atoms with Crippen molar-refractivity contribution in [1.82, 2.24) is 4.90 Å². The van der Waals surface area contributed by atoms with E-state index in [0.717, 1.165) is 17.5 Å². The van der Waals surface area contributed by atoms with E-state index in [2.05, 4.69) is 26.0 Å². The SMILES string of the molecule is Cc1ccc(C(=O)N2CC(Cc3ccccc3)OCC2(C)C)cc1. The molecule has 0 spiro atoms. The Morgan fingerprint density at radius 3 is 2.46 bits per heavy atom. The molecule has 126 valence electrons. The molecule has 1 aliphatic rings. The Labute approximate surface area is 144 Å². The van der Waals surface area contributed by atoms with Crippen LogP contribution in [0, 0.1) is 6.92 Å². The molecule has 2 aromatic carbocycles. The van der Waals surface area contributed by atoms with Crippen molar-refractivity contribution in [2.45, 2.75) is 38.8 Å². The van der Waals surface area contributed by atoms with Crippen LogP contribution in [0.4, 0.5) is 0 Å². The van der Waals surface area contributed by atoms with Gasteiger partial charge in [0.05, 0.1) is 18.2 Å². The van der Waals surface area contributed by atoms with Gasteiger partial charge < -0.3 is 9.64 Å². The highest BCUT2D eigenvalue weighted by molar-refractivity contribution is 5.94. The van der Waals surface area contributed by atoms with Crippen LogP contribution in [-0.2, 0) is 11.2 Å². The predicted molar refractivity (Wildman–Crippen MR) is 96.2 cm³/mol. The van der Waals surface area contributed by atoms with Crippen LogP contribution in [-0.4, -0.2) is 35.6 Å². The van der Waals surface area contributed by atoms with E-state index in [4.69, 9.17) is 4.74 Å². The smallest absolute Gasteiger partial charge is 0.254 e. The molecule has 1 atom stereocenters. The molecule has 0 saturated carbocycles. The lowest BCUT2D eigenvalue weighted by Gasteiger charge is -2.45. The number of hydrogen-bond donors (Lipinski definition) is 0. The van der Waals surface area contributed by atoms with Crippen LogP contribution in [0.5, 0.6) is 0 Å². The molecule has 0 aromatic heterocycles. The standard InChI is InChI=1S/C21H25NO2/c1-16-9-11-18(12-10-16)20(23)22-14-19(24-15-21(22,2)3)13-17-7-5-4-6-8-17/h4-12,19H,13-15H2,1-3H3. The van der Waals surface area contributed by atoms with Crippen LogP contribution >= 0.6 is 0 Å². The fraction of sp³-hybridized carbons (Fsp3) is 0.381. The second-order valence-corrected chi connectivity index (χ2v) is 7.22. The molecular weight excluding hydrogens is 298 g/mol. The van der Waals surface area contributed by atoms with Crippen LogP contribution in [0.2, 0.25) is 0 Å². The topological polar surface area (TPSA) is 29.5 Å². The number of aryl methyl sites for hydroxylation is 1. The summed E-state index contributed by atoms with van der Waals surface area (Å²) in [5, 5.41) is 0. The molecule has 2 aromatic rings. The van der Waals surface area contributed by atoms with Crippen LogP contribution in [0.25, 0.3) is 0 Å². The van der Waals surface area contributed by atoms with Gasteiger partial charge in [0.25, 0.3) is 5.91 Å². The number of carbonyl (C=O) groups excluding carboxylic acids is 1. The minimum absolute atomic E-state index is 0.0369. The van der Waals surface area contributed by atoms with Crippen molar-refractivity contribution in [1.29, 1.82) is 0 Å². The maximum absolute atomic E-state index is 13.0.